The molecule has 0 aliphatic carbocycles. The molecule has 0 aliphatic rings. The largest absolute Gasteiger partial charge is 0.349 e. The maximum Gasteiger partial charge on any atom is 0.233 e. The van der Waals surface area contributed by atoms with Crippen molar-refractivity contribution < 1.29 is 4.79 Å². The molecule has 8 heteroatoms. The molecule has 5 nitrogen and oxygen atoms in total. The highest BCUT2D eigenvalue weighted by Gasteiger charge is 2.21. The van der Waals surface area contributed by atoms with E-state index in [0.717, 1.165) is 16.8 Å². The van der Waals surface area contributed by atoms with Gasteiger partial charge in [-0.15, -0.1) is 10.2 Å². The number of amides is 1. The van der Waals surface area contributed by atoms with Crippen LogP contribution in [0, 0.1) is 13.8 Å². The van der Waals surface area contributed by atoms with E-state index in [1.54, 1.807) is 18.5 Å². The number of halogens is 2. The fraction of sp³-hybridized carbons (Fsp3) is 0.286. The van der Waals surface area contributed by atoms with Crippen LogP contribution in [-0.4, -0.2) is 25.9 Å². The molecule has 1 heterocycles. The average molecular weight is 449 g/mol. The van der Waals surface area contributed by atoms with Crippen LogP contribution in [0.25, 0.3) is 5.69 Å². The number of carbonyl (C=O) groups is 1. The average Bonchev–Trinajstić information content (AvgIpc) is 3.09. The molecule has 0 bridgehead atoms. The van der Waals surface area contributed by atoms with E-state index in [9.17, 15) is 4.79 Å². The van der Waals surface area contributed by atoms with E-state index in [1.807, 2.05) is 43.5 Å². The molecule has 0 spiro atoms. The van der Waals surface area contributed by atoms with Crippen LogP contribution in [0.1, 0.15) is 36.6 Å². The van der Waals surface area contributed by atoms with E-state index < -0.39 is 0 Å². The lowest BCUT2D eigenvalue weighted by Crippen LogP contribution is -2.33. The second kappa shape index (κ2) is 9.20. The zero-order valence-electron chi connectivity index (χ0n) is 16.6. The Hall–Kier alpha value is -2.02. The van der Waals surface area contributed by atoms with Crippen molar-refractivity contribution in [3.8, 4) is 5.69 Å². The molecule has 29 heavy (non-hydrogen) atoms. The fourth-order valence-electron chi connectivity index (χ4n) is 3.02. The van der Waals surface area contributed by atoms with Crippen molar-refractivity contribution in [2.75, 3.05) is 0 Å². The molecule has 3 rings (SSSR count). The van der Waals surface area contributed by atoms with E-state index >= 15 is 0 Å². The number of rotatable bonds is 6. The number of thioether (sulfide) groups is 1. The van der Waals surface area contributed by atoms with Gasteiger partial charge in [0.25, 0.3) is 0 Å². The number of benzene rings is 2. The first-order chi connectivity index (χ1) is 13.8. The Morgan fingerprint density at radius 1 is 1.14 bits per heavy atom. The Morgan fingerprint density at radius 2 is 1.90 bits per heavy atom. The third-order valence-corrected chi connectivity index (χ3v) is 6.19. The molecule has 2 unspecified atom stereocenters. The van der Waals surface area contributed by atoms with Gasteiger partial charge < -0.3 is 5.32 Å². The molecular weight excluding hydrogens is 427 g/mol. The molecule has 0 fully saturated rings. The highest BCUT2D eigenvalue weighted by Crippen LogP contribution is 2.28. The maximum absolute atomic E-state index is 12.7. The second-order valence-corrected chi connectivity index (χ2v) is 9.08. The van der Waals surface area contributed by atoms with Crippen molar-refractivity contribution >= 4 is 40.9 Å². The van der Waals surface area contributed by atoms with Crippen molar-refractivity contribution in [2.24, 2.45) is 0 Å². The van der Waals surface area contributed by atoms with Gasteiger partial charge in [-0.1, -0.05) is 58.7 Å². The van der Waals surface area contributed by atoms with Crippen molar-refractivity contribution in [1.82, 2.24) is 20.1 Å². The van der Waals surface area contributed by atoms with Gasteiger partial charge in [-0.3, -0.25) is 9.36 Å². The minimum Gasteiger partial charge on any atom is -0.349 e. The summed E-state index contributed by atoms with van der Waals surface area (Å²) in [6.45, 7) is 7.84. The van der Waals surface area contributed by atoms with Crippen LogP contribution in [0.15, 0.2) is 47.9 Å². The molecule has 152 valence electrons. The van der Waals surface area contributed by atoms with Gasteiger partial charge in [0.1, 0.15) is 6.33 Å². The lowest BCUT2D eigenvalue weighted by molar-refractivity contribution is -0.120. The zero-order chi connectivity index (χ0) is 21.1. The van der Waals surface area contributed by atoms with Crippen molar-refractivity contribution in [3.05, 3.63) is 69.5 Å². The molecular formula is C21H22Cl2N4OS. The summed E-state index contributed by atoms with van der Waals surface area (Å²) in [5, 5.41) is 12.6. The predicted molar refractivity (Wildman–Crippen MR) is 119 cm³/mol. The SMILES string of the molecule is Cc1ccc(-n2cnnc2SC(C)C(=O)NC(C)c2ccc(Cl)cc2Cl)c(C)c1. The molecule has 0 radical (unpaired) electrons. The van der Waals surface area contributed by atoms with Crippen molar-refractivity contribution in [2.45, 2.75) is 44.1 Å². The zero-order valence-corrected chi connectivity index (χ0v) is 18.9. The normalized spacial score (nSPS) is 13.2. The highest BCUT2D eigenvalue weighted by atomic mass is 35.5. The van der Waals surface area contributed by atoms with Crippen LogP contribution in [-0.2, 0) is 4.79 Å². The fourth-order valence-corrected chi connectivity index (χ4v) is 4.44. The summed E-state index contributed by atoms with van der Waals surface area (Å²) in [6, 6.07) is 11.2. The third kappa shape index (κ3) is 5.13. The first-order valence-corrected chi connectivity index (χ1v) is 10.8. The standard InChI is InChI=1S/C21H22Cl2N4OS/c1-12-5-8-19(13(2)9-12)27-11-24-26-21(27)29-15(4)20(28)25-14(3)17-7-6-16(22)10-18(17)23/h5-11,14-15H,1-4H3,(H,25,28). The summed E-state index contributed by atoms with van der Waals surface area (Å²) in [5.41, 5.74) is 4.13. The summed E-state index contributed by atoms with van der Waals surface area (Å²) in [4.78, 5) is 12.7. The van der Waals surface area contributed by atoms with Gasteiger partial charge in [0.15, 0.2) is 5.16 Å². The van der Waals surface area contributed by atoms with Gasteiger partial charge in [-0.2, -0.15) is 0 Å². The number of aromatic nitrogens is 3. The first-order valence-electron chi connectivity index (χ1n) is 9.16. The van der Waals surface area contributed by atoms with Gasteiger partial charge in [-0.05, 0) is 57.0 Å². The molecule has 2 atom stereocenters. The molecule has 0 saturated heterocycles. The Morgan fingerprint density at radius 3 is 2.59 bits per heavy atom. The van der Waals surface area contributed by atoms with Gasteiger partial charge in [0, 0.05) is 10.0 Å². The minimum atomic E-state index is -0.364. The highest BCUT2D eigenvalue weighted by molar-refractivity contribution is 8.00. The van der Waals surface area contributed by atoms with E-state index in [4.69, 9.17) is 23.2 Å². The number of carbonyl (C=O) groups excluding carboxylic acids is 1. The Kier molecular flexibility index (Phi) is 6.88. The summed E-state index contributed by atoms with van der Waals surface area (Å²) < 4.78 is 1.91. The lowest BCUT2D eigenvalue weighted by Gasteiger charge is -2.19. The quantitative estimate of drug-likeness (QED) is 0.502. The monoisotopic (exact) mass is 448 g/mol. The van der Waals surface area contributed by atoms with Gasteiger partial charge in [0.05, 0.1) is 17.0 Å². The Labute approximate surface area is 184 Å². The molecule has 1 aromatic heterocycles. The van der Waals surface area contributed by atoms with E-state index in [2.05, 4.69) is 28.5 Å². The Bertz CT molecular complexity index is 1040. The molecule has 1 N–H and O–H groups in total. The molecule has 3 aromatic rings. The number of hydrogen-bond acceptors (Lipinski definition) is 4. The van der Waals surface area contributed by atoms with E-state index in [0.29, 0.717) is 15.2 Å². The van der Waals surface area contributed by atoms with Crippen LogP contribution in [0.3, 0.4) is 0 Å². The second-order valence-electron chi connectivity index (χ2n) is 6.93. The molecule has 0 aliphatic heterocycles. The van der Waals surface area contributed by atoms with Crippen molar-refractivity contribution in [3.63, 3.8) is 0 Å². The maximum atomic E-state index is 12.7. The third-order valence-electron chi connectivity index (χ3n) is 4.57. The summed E-state index contributed by atoms with van der Waals surface area (Å²) in [5.74, 6) is -0.108. The van der Waals surface area contributed by atoms with Gasteiger partial charge >= 0.3 is 0 Å². The number of hydrogen-bond donors (Lipinski definition) is 1. The molecule has 1 amide bonds. The summed E-state index contributed by atoms with van der Waals surface area (Å²) in [6.07, 6.45) is 1.67. The number of nitrogens with one attached hydrogen (secondary N) is 1. The molecule has 0 saturated carbocycles. The summed E-state index contributed by atoms with van der Waals surface area (Å²) >= 11 is 13.6. The number of nitrogens with zero attached hydrogens (tertiary/aromatic N) is 3. The topological polar surface area (TPSA) is 59.8 Å². The minimum absolute atomic E-state index is 0.108. The van der Waals surface area contributed by atoms with Gasteiger partial charge in [0.2, 0.25) is 5.91 Å². The van der Waals surface area contributed by atoms with Crippen LogP contribution in [0.5, 0.6) is 0 Å². The molecule has 2 aromatic carbocycles. The van der Waals surface area contributed by atoms with Crippen LogP contribution in [0.2, 0.25) is 10.0 Å². The Balaban J connectivity index is 1.71. The van der Waals surface area contributed by atoms with Crippen LogP contribution < -0.4 is 5.32 Å². The van der Waals surface area contributed by atoms with Crippen LogP contribution in [0.4, 0.5) is 0 Å². The van der Waals surface area contributed by atoms with Crippen LogP contribution >= 0.6 is 35.0 Å². The van der Waals surface area contributed by atoms with E-state index in [-0.39, 0.29) is 17.2 Å². The first kappa shape index (κ1) is 21.7. The summed E-state index contributed by atoms with van der Waals surface area (Å²) in [7, 11) is 0. The van der Waals surface area contributed by atoms with E-state index in [1.165, 1.54) is 17.3 Å². The lowest BCUT2D eigenvalue weighted by atomic mass is 10.1. The van der Waals surface area contributed by atoms with Crippen molar-refractivity contribution in [1.29, 1.82) is 0 Å². The smallest absolute Gasteiger partial charge is 0.233 e. The predicted octanol–water partition coefficient (Wildman–Crippen LogP) is 5.55. The van der Waals surface area contributed by atoms with Gasteiger partial charge in [-0.25, -0.2) is 0 Å². The number of aryl methyl sites for hydroxylation is 2.